The molecule has 17 nitrogen and oxygen atoms in total. The number of hydrogen-bond acceptors (Lipinski definition) is 13. The zero-order valence-corrected chi connectivity index (χ0v) is 45.5. The molecule has 4 aromatic rings. The van der Waals surface area contributed by atoms with Gasteiger partial charge in [-0.05, 0) is 121 Å². The number of para-hydroxylation sites is 1. The van der Waals surface area contributed by atoms with Gasteiger partial charge in [0, 0.05) is 47.1 Å². The number of amides is 4. The van der Waals surface area contributed by atoms with Crippen LogP contribution in [0.5, 0.6) is 17.2 Å². The van der Waals surface area contributed by atoms with Gasteiger partial charge in [0.1, 0.15) is 40.2 Å². The maximum Gasteiger partial charge on any atom is 0.251 e. The molecule has 4 amide bonds. The maximum atomic E-state index is 14.6. The summed E-state index contributed by atoms with van der Waals surface area (Å²) < 4.78 is 20.0. The Morgan fingerprint density at radius 2 is 1.25 bits per heavy atom. The monoisotopic (exact) mass is 1050 g/mol. The van der Waals surface area contributed by atoms with Crippen LogP contribution < -0.4 is 36.3 Å². The van der Waals surface area contributed by atoms with E-state index >= 15 is 0 Å². The van der Waals surface area contributed by atoms with E-state index < -0.39 is 76.1 Å². The van der Waals surface area contributed by atoms with Crippen LogP contribution in [-0.2, 0) is 16.0 Å². The number of guanidine groups is 2. The third-order valence-electron chi connectivity index (χ3n) is 17.3. The standard InChI is InChI=1S/C60H72N8O9/c1-32(2)58(8)30-47(70)67(54(61)65-58)41-28-56(5,6)75-45-21-19-36(25-39(41)45)53(74)64-50-38-17-13-14-18-44(38)77-60(10,51(50)72)24-23-57(7)29-42(68-48(71)31-59(9,33(3)4)66-55(68)62)40-26-35(20-22-46(40)76-57)52(73)63-49-37-16-12-11-15-34(37)27-43(49)69/h11-22,25-26,33,41-43,49-51,69,72H,1,23-24,27-31H2,2-10H3,(H2,61,65)(H2,62,66)(H,63,73)(H,64,74)/t41-,42-,43-,49-,50-,51+,57?,58+,59+,60?/m1/s1. The van der Waals surface area contributed by atoms with Crippen molar-refractivity contribution in [1.29, 1.82) is 0 Å². The molecule has 2 unspecified atom stereocenters. The second-order valence-corrected chi connectivity index (χ2v) is 24.0. The van der Waals surface area contributed by atoms with E-state index in [0.29, 0.717) is 58.8 Å². The van der Waals surface area contributed by atoms with Crippen LogP contribution in [0.4, 0.5) is 0 Å². The average Bonchev–Trinajstić information content (AvgIpc) is 3.70. The molecule has 10 rings (SSSR count). The summed E-state index contributed by atoms with van der Waals surface area (Å²) in [5, 5.41) is 29.7. The Balaban J connectivity index is 0.923. The predicted octanol–water partition coefficient (Wildman–Crippen LogP) is 7.57. The number of aliphatic hydroxyl groups is 2. The van der Waals surface area contributed by atoms with E-state index in [-0.39, 0.29) is 60.9 Å². The molecule has 0 bridgehead atoms. The van der Waals surface area contributed by atoms with Gasteiger partial charge in [-0.25, -0.2) is 9.98 Å². The van der Waals surface area contributed by atoms with E-state index in [1.165, 1.54) is 9.80 Å². The molecule has 0 fully saturated rings. The van der Waals surface area contributed by atoms with Crippen molar-refractivity contribution in [3.63, 3.8) is 0 Å². The second-order valence-electron chi connectivity index (χ2n) is 24.0. The fourth-order valence-electron chi connectivity index (χ4n) is 12.1. The molecule has 0 saturated carbocycles. The zero-order valence-electron chi connectivity index (χ0n) is 45.5. The molecular formula is C60H72N8O9. The third-order valence-corrected chi connectivity index (χ3v) is 17.3. The van der Waals surface area contributed by atoms with Crippen LogP contribution in [0, 0.1) is 5.92 Å². The number of nitrogens with zero attached hydrogens (tertiary/aromatic N) is 4. The van der Waals surface area contributed by atoms with Crippen molar-refractivity contribution in [3.05, 3.63) is 136 Å². The van der Waals surface area contributed by atoms with Gasteiger partial charge in [0.15, 0.2) is 11.9 Å². The average molecular weight is 1050 g/mol. The van der Waals surface area contributed by atoms with Crippen molar-refractivity contribution in [2.75, 3.05) is 0 Å². The molecule has 0 spiro atoms. The summed E-state index contributed by atoms with van der Waals surface area (Å²) in [7, 11) is 0. The number of carbonyl (C=O) groups excluding carboxylic acids is 4. The lowest BCUT2D eigenvalue weighted by Crippen LogP contribution is -2.57. The molecule has 17 heteroatoms. The Bertz CT molecular complexity index is 3170. The number of aliphatic hydroxyl groups excluding tert-OH is 2. The van der Waals surface area contributed by atoms with E-state index in [9.17, 15) is 29.4 Å². The number of hydrogen-bond donors (Lipinski definition) is 6. The van der Waals surface area contributed by atoms with Crippen LogP contribution in [0.3, 0.4) is 0 Å². The molecule has 0 saturated heterocycles. The minimum atomic E-state index is -1.29. The van der Waals surface area contributed by atoms with Crippen LogP contribution in [0.15, 0.2) is 107 Å². The fourth-order valence-corrected chi connectivity index (χ4v) is 12.1. The minimum Gasteiger partial charge on any atom is -0.487 e. The topological polar surface area (TPSA) is 244 Å². The summed E-state index contributed by atoms with van der Waals surface area (Å²) in [6.45, 7) is 21.3. The second kappa shape index (κ2) is 19.0. The van der Waals surface area contributed by atoms with Gasteiger partial charge in [-0.15, -0.1) is 0 Å². The summed E-state index contributed by atoms with van der Waals surface area (Å²) in [5.41, 5.74) is 13.8. The van der Waals surface area contributed by atoms with Crippen molar-refractivity contribution in [2.24, 2.45) is 27.4 Å². The third kappa shape index (κ3) is 9.59. The predicted molar refractivity (Wildman–Crippen MR) is 291 cm³/mol. The molecular weight excluding hydrogens is 977 g/mol. The van der Waals surface area contributed by atoms with Crippen LogP contribution >= 0.6 is 0 Å². The molecule has 5 heterocycles. The number of carbonyl (C=O) groups is 4. The van der Waals surface area contributed by atoms with E-state index in [1.54, 1.807) is 36.4 Å². The number of rotatable bonds is 11. The highest BCUT2D eigenvalue weighted by atomic mass is 16.5. The lowest BCUT2D eigenvalue weighted by atomic mass is 9.77. The molecule has 0 radical (unpaired) electrons. The lowest BCUT2D eigenvalue weighted by Gasteiger charge is -2.48. The first-order valence-corrected chi connectivity index (χ1v) is 26.7. The smallest absolute Gasteiger partial charge is 0.251 e. The first kappa shape index (κ1) is 53.2. The Morgan fingerprint density at radius 3 is 1.86 bits per heavy atom. The summed E-state index contributed by atoms with van der Waals surface area (Å²) in [6.07, 6.45) is -0.300. The largest absolute Gasteiger partial charge is 0.487 e. The van der Waals surface area contributed by atoms with Gasteiger partial charge < -0.3 is 46.5 Å². The van der Waals surface area contributed by atoms with E-state index in [0.717, 1.165) is 16.7 Å². The molecule has 5 aliphatic heterocycles. The Labute approximate surface area is 450 Å². The van der Waals surface area contributed by atoms with Gasteiger partial charge in [-0.3, -0.25) is 29.0 Å². The number of nitrogens with two attached hydrogens (primary N) is 2. The number of fused-ring (bicyclic) bond motifs is 4. The highest BCUT2D eigenvalue weighted by Gasteiger charge is 2.52. The quantitative estimate of drug-likeness (QED) is 0.0801. The number of nitrogens with one attached hydrogen (secondary N) is 2. The zero-order chi connectivity index (χ0) is 55.3. The van der Waals surface area contributed by atoms with Crippen LogP contribution in [-0.4, -0.2) is 95.6 Å². The summed E-state index contributed by atoms with van der Waals surface area (Å²) in [6, 6.07) is 22.3. The van der Waals surface area contributed by atoms with Gasteiger partial charge in [0.2, 0.25) is 11.8 Å². The highest BCUT2D eigenvalue weighted by Crippen LogP contribution is 2.50. The Hall–Kier alpha value is -7.24. The number of aliphatic imine (C=N–C) groups is 2. The molecule has 8 N–H and O–H groups in total. The molecule has 6 aliphatic rings. The van der Waals surface area contributed by atoms with E-state index in [4.69, 9.17) is 35.7 Å². The van der Waals surface area contributed by atoms with Crippen LogP contribution in [0.2, 0.25) is 0 Å². The van der Waals surface area contributed by atoms with E-state index in [1.807, 2.05) is 111 Å². The number of ether oxygens (including phenoxy) is 3. The normalized spacial score (nSPS) is 31.0. The lowest BCUT2D eigenvalue weighted by molar-refractivity contribution is -0.134. The first-order valence-electron chi connectivity index (χ1n) is 26.7. The summed E-state index contributed by atoms with van der Waals surface area (Å²) in [4.78, 5) is 69.8. The maximum absolute atomic E-state index is 14.6. The molecule has 406 valence electrons. The fraction of sp³-hybridized carbons (Fsp3) is 0.467. The van der Waals surface area contributed by atoms with Gasteiger partial charge in [-0.2, -0.15) is 0 Å². The van der Waals surface area contributed by atoms with Gasteiger partial charge in [0.25, 0.3) is 11.8 Å². The van der Waals surface area contributed by atoms with Crippen molar-refractivity contribution < 1.29 is 43.6 Å². The highest BCUT2D eigenvalue weighted by molar-refractivity contribution is 6.01. The van der Waals surface area contributed by atoms with Crippen molar-refractivity contribution in [2.45, 2.75) is 172 Å². The van der Waals surface area contributed by atoms with Crippen molar-refractivity contribution in [3.8, 4) is 17.2 Å². The van der Waals surface area contributed by atoms with Gasteiger partial charge in [0.05, 0.1) is 54.2 Å². The summed E-state index contributed by atoms with van der Waals surface area (Å²) >= 11 is 0. The molecule has 77 heavy (non-hydrogen) atoms. The molecule has 4 aromatic carbocycles. The molecule has 0 aromatic heterocycles. The van der Waals surface area contributed by atoms with Crippen molar-refractivity contribution >= 4 is 35.5 Å². The van der Waals surface area contributed by atoms with E-state index in [2.05, 4.69) is 17.2 Å². The van der Waals surface area contributed by atoms with Gasteiger partial charge >= 0.3 is 0 Å². The minimum absolute atomic E-state index is 0.0195. The Kier molecular flexibility index (Phi) is 13.1. The Morgan fingerprint density at radius 1 is 0.701 bits per heavy atom. The van der Waals surface area contributed by atoms with Gasteiger partial charge in [-0.1, -0.05) is 68.5 Å². The van der Waals surface area contributed by atoms with Crippen molar-refractivity contribution in [1.82, 2.24) is 20.4 Å². The SMILES string of the molecule is C=C(C)[C@]1(C)CC(=O)N([C@@H]2CC(C)(C)Oc3ccc(C(=O)N[C@@H]4c5ccccc5OC(C)(CCC5(C)C[C@@H](N6C(=O)C[C@@](C)(C(C)C)N=C6N)c6cc(C(=O)N[C@@H]7c8ccccc8C[C@H]7O)ccc6O5)[C@H]4O)cc32)C(N)=N1. The first-order chi connectivity index (χ1) is 36.2. The summed E-state index contributed by atoms with van der Waals surface area (Å²) in [5.74, 6) is 0.306. The number of benzene rings is 4. The van der Waals surface area contributed by atoms with Crippen LogP contribution in [0.1, 0.15) is 174 Å². The molecule has 10 atom stereocenters. The molecule has 1 aliphatic carbocycles. The van der Waals surface area contributed by atoms with Crippen LogP contribution in [0.25, 0.3) is 0 Å².